The van der Waals surface area contributed by atoms with Crippen LogP contribution in [-0.2, 0) is 20.5 Å². The van der Waals surface area contributed by atoms with Crippen LogP contribution in [0.4, 0.5) is 23.2 Å². The van der Waals surface area contributed by atoms with Crippen molar-refractivity contribution < 1.29 is 36.7 Å². The lowest BCUT2D eigenvalue weighted by molar-refractivity contribution is -0.141. The van der Waals surface area contributed by atoms with Crippen molar-refractivity contribution in [1.29, 1.82) is 0 Å². The highest BCUT2D eigenvalue weighted by molar-refractivity contribution is 6.31. The number of carbonyl (C=O) groups excluding carboxylic acids is 3. The van der Waals surface area contributed by atoms with Crippen LogP contribution in [0.5, 0.6) is 0 Å². The highest BCUT2D eigenvalue weighted by atomic mass is 35.5. The minimum absolute atomic E-state index is 0.0358. The van der Waals surface area contributed by atoms with E-state index in [4.69, 9.17) is 16.3 Å². The Labute approximate surface area is 262 Å². The number of methoxy groups -OCH3 is 1. The van der Waals surface area contributed by atoms with Crippen LogP contribution in [0, 0.1) is 11.7 Å². The Bertz CT molecular complexity index is 1710. The standard InChI is InChI=1S/C34H29ClF4N2O4/c1-19(2)32(43)40-29-15-11-23(21-8-12-25(13-9-21)34(37,38)39)16-26(29)33(44)41-30(18-31(42)45-3)22-6-4-20(5-7-22)24-10-14-28(36)27(35)17-24/h4-17,19,30H,18H2,1-3H3,(H,40,43)(H,41,44). The smallest absolute Gasteiger partial charge is 0.416 e. The lowest BCUT2D eigenvalue weighted by Gasteiger charge is -2.21. The first-order valence-electron chi connectivity index (χ1n) is 13.8. The summed E-state index contributed by atoms with van der Waals surface area (Å²) in [4.78, 5) is 38.7. The van der Waals surface area contributed by atoms with Crippen molar-refractivity contribution in [3.63, 3.8) is 0 Å². The third-order valence-electron chi connectivity index (χ3n) is 7.06. The lowest BCUT2D eigenvalue weighted by atomic mass is 9.97. The largest absolute Gasteiger partial charge is 0.469 e. The maximum Gasteiger partial charge on any atom is 0.416 e. The van der Waals surface area contributed by atoms with Crippen molar-refractivity contribution in [2.24, 2.45) is 5.92 Å². The molecule has 2 amide bonds. The Morgan fingerprint density at radius 1 is 0.822 bits per heavy atom. The molecule has 45 heavy (non-hydrogen) atoms. The summed E-state index contributed by atoms with van der Waals surface area (Å²) < 4.78 is 57.8. The van der Waals surface area contributed by atoms with Crippen LogP contribution in [-0.4, -0.2) is 24.9 Å². The van der Waals surface area contributed by atoms with E-state index in [0.717, 1.165) is 12.1 Å². The topological polar surface area (TPSA) is 84.5 Å². The van der Waals surface area contributed by atoms with Gasteiger partial charge in [-0.1, -0.05) is 74.0 Å². The Hall–Kier alpha value is -4.70. The SMILES string of the molecule is COC(=O)CC(NC(=O)c1cc(-c2ccc(C(F)(F)F)cc2)ccc1NC(=O)C(C)C)c1ccc(-c2ccc(F)c(Cl)c2)cc1. The summed E-state index contributed by atoms with van der Waals surface area (Å²) in [6.07, 6.45) is -4.73. The third kappa shape index (κ3) is 8.27. The predicted octanol–water partition coefficient (Wildman–Crippen LogP) is 8.46. The quantitative estimate of drug-likeness (QED) is 0.142. The van der Waals surface area contributed by atoms with Crippen LogP contribution in [0.3, 0.4) is 0 Å². The van der Waals surface area contributed by atoms with E-state index >= 15 is 0 Å². The monoisotopic (exact) mass is 640 g/mol. The molecule has 0 saturated carbocycles. The van der Waals surface area contributed by atoms with Gasteiger partial charge in [0, 0.05) is 5.92 Å². The van der Waals surface area contributed by atoms with E-state index in [9.17, 15) is 31.9 Å². The minimum atomic E-state index is -4.51. The Balaban J connectivity index is 1.69. The molecule has 0 saturated heterocycles. The Morgan fingerprint density at radius 3 is 1.93 bits per heavy atom. The van der Waals surface area contributed by atoms with Gasteiger partial charge in [-0.15, -0.1) is 0 Å². The molecular weight excluding hydrogens is 612 g/mol. The zero-order valence-electron chi connectivity index (χ0n) is 24.5. The second kappa shape index (κ2) is 13.9. The molecule has 0 fully saturated rings. The van der Waals surface area contributed by atoms with Gasteiger partial charge >= 0.3 is 12.1 Å². The summed E-state index contributed by atoms with van der Waals surface area (Å²) in [5.41, 5.74) is 2.18. The van der Waals surface area contributed by atoms with Crippen LogP contribution >= 0.6 is 11.6 Å². The van der Waals surface area contributed by atoms with E-state index in [0.29, 0.717) is 27.8 Å². The molecule has 1 atom stereocenters. The van der Waals surface area contributed by atoms with Crippen molar-refractivity contribution in [3.8, 4) is 22.3 Å². The highest BCUT2D eigenvalue weighted by Crippen LogP contribution is 2.33. The molecule has 6 nitrogen and oxygen atoms in total. The summed E-state index contributed by atoms with van der Waals surface area (Å²) >= 11 is 5.93. The number of nitrogens with one attached hydrogen (secondary N) is 2. The molecule has 0 heterocycles. The fourth-order valence-corrected chi connectivity index (χ4v) is 4.65. The van der Waals surface area contributed by atoms with Crippen molar-refractivity contribution in [1.82, 2.24) is 5.32 Å². The Morgan fingerprint density at radius 2 is 1.38 bits per heavy atom. The van der Waals surface area contributed by atoms with Crippen LogP contribution in [0.15, 0.2) is 84.9 Å². The van der Waals surface area contributed by atoms with Crippen LogP contribution in [0.1, 0.15) is 47.8 Å². The number of rotatable bonds is 9. The molecule has 0 aliphatic carbocycles. The van der Waals surface area contributed by atoms with Gasteiger partial charge in [-0.05, 0) is 64.2 Å². The van der Waals surface area contributed by atoms with E-state index in [2.05, 4.69) is 10.6 Å². The average Bonchev–Trinajstić information content (AvgIpc) is 3.01. The number of alkyl halides is 3. The van der Waals surface area contributed by atoms with Gasteiger partial charge in [0.05, 0.1) is 41.4 Å². The van der Waals surface area contributed by atoms with E-state index in [1.165, 1.54) is 43.5 Å². The fourth-order valence-electron chi connectivity index (χ4n) is 4.47. The molecule has 1 unspecified atom stereocenters. The van der Waals surface area contributed by atoms with Crippen LogP contribution < -0.4 is 10.6 Å². The third-order valence-corrected chi connectivity index (χ3v) is 7.35. The predicted molar refractivity (Wildman–Crippen MR) is 164 cm³/mol. The Kier molecular flexibility index (Phi) is 10.3. The first-order valence-corrected chi connectivity index (χ1v) is 14.2. The molecule has 4 aromatic carbocycles. The molecule has 2 N–H and O–H groups in total. The average molecular weight is 641 g/mol. The molecule has 0 aromatic heterocycles. The number of halogens is 5. The van der Waals surface area contributed by atoms with Crippen molar-refractivity contribution in [3.05, 3.63) is 112 Å². The summed E-state index contributed by atoms with van der Waals surface area (Å²) in [6, 6.07) is 19.3. The maximum atomic E-state index is 13.8. The molecule has 4 rings (SSSR count). The number of hydrogen-bond acceptors (Lipinski definition) is 4. The number of amides is 2. The first-order chi connectivity index (χ1) is 21.3. The molecule has 0 aliphatic rings. The zero-order chi connectivity index (χ0) is 32.9. The van der Waals surface area contributed by atoms with Gasteiger partial charge < -0.3 is 15.4 Å². The summed E-state index contributed by atoms with van der Waals surface area (Å²) in [5.74, 6) is -2.55. The van der Waals surface area contributed by atoms with Crippen LogP contribution in [0.25, 0.3) is 22.3 Å². The molecule has 11 heteroatoms. The van der Waals surface area contributed by atoms with Gasteiger partial charge in [-0.2, -0.15) is 13.2 Å². The second-order valence-corrected chi connectivity index (χ2v) is 10.9. The number of ether oxygens (including phenoxy) is 1. The van der Waals surface area contributed by atoms with Gasteiger partial charge in [0.25, 0.3) is 5.91 Å². The van der Waals surface area contributed by atoms with Gasteiger partial charge in [0.2, 0.25) is 5.91 Å². The molecule has 0 bridgehead atoms. The molecule has 4 aromatic rings. The van der Waals surface area contributed by atoms with E-state index in [1.54, 1.807) is 50.2 Å². The number of hydrogen-bond donors (Lipinski definition) is 2. The lowest BCUT2D eigenvalue weighted by Crippen LogP contribution is -2.31. The van der Waals surface area contributed by atoms with Crippen molar-refractivity contribution in [2.75, 3.05) is 12.4 Å². The zero-order valence-corrected chi connectivity index (χ0v) is 25.2. The maximum absolute atomic E-state index is 13.8. The first kappa shape index (κ1) is 33.2. The molecule has 0 radical (unpaired) electrons. The van der Waals surface area contributed by atoms with Gasteiger partial charge in [-0.3, -0.25) is 14.4 Å². The summed E-state index contributed by atoms with van der Waals surface area (Å²) in [7, 11) is 1.22. The van der Waals surface area contributed by atoms with Gasteiger partial charge in [0.1, 0.15) is 5.82 Å². The minimum Gasteiger partial charge on any atom is -0.469 e. The van der Waals surface area contributed by atoms with E-state index < -0.39 is 41.4 Å². The fraction of sp³-hybridized carbons (Fsp3) is 0.206. The molecule has 0 aliphatic heterocycles. The highest BCUT2D eigenvalue weighted by Gasteiger charge is 2.30. The second-order valence-electron chi connectivity index (χ2n) is 10.5. The van der Waals surface area contributed by atoms with Crippen molar-refractivity contribution in [2.45, 2.75) is 32.5 Å². The van der Waals surface area contributed by atoms with Gasteiger partial charge in [0.15, 0.2) is 0 Å². The van der Waals surface area contributed by atoms with Crippen LogP contribution in [0.2, 0.25) is 5.02 Å². The molecule has 0 spiro atoms. The summed E-state index contributed by atoms with van der Waals surface area (Å²) in [5, 5.41) is 5.51. The van der Waals surface area contributed by atoms with E-state index in [1.807, 2.05) is 0 Å². The number of esters is 1. The summed E-state index contributed by atoms with van der Waals surface area (Å²) in [6.45, 7) is 3.36. The van der Waals surface area contributed by atoms with E-state index in [-0.39, 0.29) is 28.6 Å². The molecular formula is C34H29ClF4N2O4. The van der Waals surface area contributed by atoms with Gasteiger partial charge in [-0.25, -0.2) is 4.39 Å². The number of anilines is 1. The normalized spacial score (nSPS) is 12.0. The number of benzene rings is 4. The molecule has 234 valence electrons. The number of carbonyl (C=O) groups is 3. The van der Waals surface area contributed by atoms with Crippen molar-refractivity contribution >= 4 is 35.1 Å².